The maximum atomic E-state index is 6.21. The first-order valence-electron chi connectivity index (χ1n) is 47.0. The zero-order valence-corrected chi connectivity index (χ0v) is 76.2. The standard InChI is InChI=1S/2C45H29N3O.C39H25N3O/c1-3-13-30(14-4-1)31-25-27-33(28-26-31)44-46-43(32-15-5-2-6-16-32)47-45(48-44)38-20-8-7-19-36(38)34-17-11-18-35(29-34)37-22-12-24-41-42(37)39-21-9-10-23-40(39)49-41;1-3-12-30(13-4-1)31-22-26-34(27-23-31)43-46-44(48-45(47-43)38-17-8-7-16-36(38)32-14-5-2-6-15-32)35-28-24-33(25-29-35)37-19-11-21-41-42(37)39-18-9-10-20-40(39)49-41;1-3-12-26(13-4-1)27-22-24-29(25-23-27)37-40-38(31-17-8-7-16-30(31)28-14-5-2-6-15-28)42-39(41-37)33-19-11-21-35-36(33)32-18-9-10-20-34(32)43-35/h2*1-29H;1-25H. The molecule has 0 amide bonds. The Bertz CT molecular complexity index is 9060. The number of nitrogens with zero attached hydrogens (tertiary/aromatic N) is 9. The van der Waals surface area contributed by atoms with Crippen LogP contribution in [0.5, 0.6) is 0 Å². The number of furan rings is 3. The van der Waals surface area contributed by atoms with Gasteiger partial charge < -0.3 is 13.3 Å². The number of fused-ring (bicyclic) bond motifs is 9. The normalized spacial score (nSPS) is 11.3. The quantitative estimate of drug-likeness (QED) is 0.0852. The molecule has 0 atom stereocenters. The van der Waals surface area contributed by atoms with Crippen LogP contribution < -0.4 is 0 Å². The third-order valence-electron chi connectivity index (χ3n) is 25.7. The molecule has 0 bridgehead atoms. The molecule has 0 saturated carbocycles. The summed E-state index contributed by atoms with van der Waals surface area (Å²) in [5.74, 6) is 5.61. The number of aromatic nitrogens is 9. The highest BCUT2D eigenvalue weighted by atomic mass is 16.3. The number of benzene rings is 20. The Morgan fingerprint density at radius 2 is 0.284 bits per heavy atom. The summed E-state index contributed by atoms with van der Waals surface area (Å²) in [6, 6.07) is 172. The zero-order valence-electron chi connectivity index (χ0n) is 76.2. The molecular formula is C129H83N9O3. The first-order valence-corrected chi connectivity index (χ1v) is 47.0. The van der Waals surface area contributed by atoms with Crippen molar-refractivity contribution < 1.29 is 13.3 Å². The molecule has 20 aromatic carbocycles. The van der Waals surface area contributed by atoms with E-state index in [4.69, 9.17) is 58.1 Å². The van der Waals surface area contributed by atoms with Crippen molar-refractivity contribution in [3.63, 3.8) is 0 Å². The fourth-order valence-corrected chi connectivity index (χ4v) is 18.8. The van der Waals surface area contributed by atoms with E-state index in [2.05, 4.69) is 352 Å². The van der Waals surface area contributed by atoms with E-state index in [-0.39, 0.29) is 0 Å². The van der Waals surface area contributed by atoms with E-state index < -0.39 is 0 Å². The van der Waals surface area contributed by atoms with Crippen molar-refractivity contribution >= 4 is 65.8 Å². The average molecular weight is 1810 g/mol. The van der Waals surface area contributed by atoms with Crippen molar-refractivity contribution in [1.82, 2.24) is 44.9 Å². The Morgan fingerprint density at radius 3 is 0.624 bits per heavy atom. The molecule has 0 saturated heterocycles. The van der Waals surface area contributed by atoms with E-state index in [1.165, 1.54) is 16.7 Å². The minimum Gasteiger partial charge on any atom is -0.456 e. The fraction of sp³-hybridized carbons (Fsp3) is 0. The molecule has 0 fully saturated rings. The first-order chi connectivity index (χ1) is 69.9. The largest absolute Gasteiger partial charge is 0.456 e. The lowest BCUT2D eigenvalue weighted by Gasteiger charge is -2.13. The monoisotopic (exact) mass is 1810 g/mol. The van der Waals surface area contributed by atoms with Crippen molar-refractivity contribution in [3.05, 3.63) is 504 Å². The summed E-state index contributed by atoms with van der Waals surface area (Å²) in [6.45, 7) is 0. The SMILES string of the molecule is c1ccc(-c2ccc(-c3nc(-c4ccc(-c5cccc6oc7ccccc7c56)cc4)nc(-c4ccccc4-c4ccccc4)n3)cc2)cc1.c1ccc(-c2ccc(-c3nc(-c4ccccc4)nc(-c4ccccc4-c4cccc(-c5cccc6oc7ccccc7c56)c4)n3)cc2)cc1.c1ccc(-c2ccc(-c3nc(-c4ccccc4-c4ccccc4)nc(-c4cccc5oc6ccccc6c45)n3)cc2)cc1. The Hall–Kier alpha value is -19.2. The lowest BCUT2D eigenvalue weighted by molar-refractivity contribution is 0.668. The van der Waals surface area contributed by atoms with Crippen LogP contribution in [0.25, 0.3) is 257 Å². The summed E-state index contributed by atoms with van der Waals surface area (Å²) in [5.41, 5.74) is 31.5. The Balaban J connectivity index is 0.000000115. The van der Waals surface area contributed by atoms with Crippen molar-refractivity contribution in [1.29, 1.82) is 0 Å². The molecule has 0 unspecified atom stereocenters. The molecule has 0 spiro atoms. The molecule has 0 aliphatic heterocycles. The fourth-order valence-electron chi connectivity index (χ4n) is 18.8. The van der Waals surface area contributed by atoms with Gasteiger partial charge in [-0.3, -0.25) is 0 Å². The van der Waals surface area contributed by atoms with Gasteiger partial charge in [0.05, 0.1) is 0 Å². The minimum absolute atomic E-state index is 0.604. The second-order valence-corrected chi connectivity index (χ2v) is 34.5. The third-order valence-corrected chi connectivity index (χ3v) is 25.7. The highest BCUT2D eigenvalue weighted by Gasteiger charge is 2.25. The maximum Gasteiger partial charge on any atom is 0.164 e. The van der Waals surface area contributed by atoms with Gasteiger partial charge in [-0.15, -0.1) is 0 Å². The predicted molar refractivity (Wildman–Crippen MR) is 574 cm³/mol. The van der Waals surface area contributed by atoms with E-state index >= 15 is 0 Å². The molecule has 0 N–H and O–H groups in total. The van der Waals surface area contributed by atoms with Crippen LogP contribution in [0.15, 0.2) is 517 Å². The van der Waals surface area contributed by atoms with Crippen LogP contribution in [0.2, 0.25) is 0 Å². The van der Waals surface area contributed by atoms with Crippen molar-refractivity contribution in [2.45, 2.75) is 0 Å². The van der Waals surface area contributed by atoms with Gasteiger partial charge in [-0.05, 0) is 131 Å². The topological polar surface area (TPSA) is 155 Å². The number of hydrogen-bond donors (Lipinski definition) is 0. The van der Waals surface area contributed by atoms with E-state index in [0.29, 0.717) is 52.4 Å². The van der Waals surface area contributed by atoms with Gasteiger partial charge in [0.25, 0.3) is 0 Å². The highest BCUT2D eigenvalue weighted by Crippen LogP contribution is 2.45. The van der Waals surface area contributed by atoms with Crippen LogP contribution in [0.1, 0.15) is 0 Å². The summed E-state index contributed by atoms with van der Waals surface area (Å²) >= 11 is 0. The Labute approximate surface area is 813 Å². The van der Waals surface area contributed by atoms with Gasteiger partial charge in [0, 0.05) is 82.4 Å². The van der Waals surface area contributed by atoms with Crippen molar-refractivity contribution in [3.8, 4) is 192 Å². The first kappa shape index (κ1) is 84.8. The summed E-state index contributed by atoms with van der Waals surface area (Å²) < 4.78 is 18.6. The molecule has 26 aromatic rings. The molecule has 141 heavy (non-hydrogen) atoms. The van der Waals surface area contributed by atoms with Crippen LogP contribution in [0.3, 0.4) is 0 Å². The molecule has 0 aliphatic carbocycles. The van der Waals surface area contributed by atoms with E-state index in [9.17, 15) is 0 Å². The van der Waals surface area contributed by atoms with Gasteiger partial charge in [0.1, 0.15) is 33.5 Å². The molecule has 662 valence electrons. The van der Waals surface area contributed by atoms with Crippen molar-refractivity contribution in [2.75, 3.05) is 0 Å². The van der Waals surface area contributed by atoms with E-state index in [0.717, 1.165) is 188 Å². The van der Waals surface area contributed by atoms with Crippen LogP contribution >= 0.6 is 0 Å². The smallest absolute Gasteiger partial charge is 0.164 e. The Morgan fingerprint density at radius 1 is 0.106 bits per heavy atom. The zero-order chi connectivity index (χ0) is 93.7. The average Bonchev–Trinajstić information content (AvgIpc) is 1.65. The van der Waals surface area contributed by atoms with Gasteiger partial charge in [-0.1, -0.05) is 461 Å². The van der Waals surface area contributed by atoms with Crippen LogP contribution in [-0.4, -0.2) is 44.9 Å². The molecule has 12 nitrogen and oxygen atoms in total. The van der Waals surface area contributed by atoms with Gasteiger partial charge in [0.2, 0.25) is 0 Å². The lowest BCUT2D eigenvalue weighted by Crippen LogP contribution is -2.01. The van der Waals surface area contributed by atoms with E-state index in [1.54, 1.807) is 0 Å². The van der Waals surface area contributed by atoms with Gasteiger partial charge in [-0.2, -0.15) is 0 Å². The maximum absolute atomic E-state index is 6.21. The number of para-hydroxylation sites is 3. The van der Waals surface area contributed by atoms with Crippen LogP contribution in [-0.2, 0) is 0 Å². The predicted octanol–water partition coefficient (Wildman–Crippen LogP) is 33.7. The summed E-state index contributed by atoms with van der Waals surface area (Å²) in [6.07, 6.45) is 0. The second-order valence-electron chi connectivity index (χ2n) is 34.5. The molecule has 6 aromatic heterocycles. The van der Waals surface area contributed by atoms with E-state index in [1.807, 2.05) is 152 Å². The second kappa shape index (κ2) is 37.9. The summed E-state index contributed by atoms with van der Waals surface area (Å²) in [7, 11) is 0. The van der Waals surface area contributed by atoms with Crippen molar-refractivity contribution in [2.24, 2.45) is 0 Å². The number of hydrogen-bond acceptors (Lipinski definition) is 12. The Kier molecular flexibility index (Phi) is 22.8. The minimum atomic E-state index is 0.604. The van der Waals surface area contributed by atoms with Gasteiger partial charge >= 0.3 is 0 Å². The molecule has 26 rings (SSSR count). The molecule has 0 radical (unpaired) electrons. The van der Waals surface area contributed by atoms with Gasteiger partial charge in [-0.25, -0.2) is 44.9 Å². The van der Waals surface area contributed by atoms with Crippen LogP contribution in [0.4, 0.5) is 0 Å². The number of rotatable bonds is 17. The molecule has 12 heteroatoms. The molecule has 0 aliphatic rings. The third kappa shape index (κ3) is 17.2. The molecule has 6 heterocycles. The summed E-state index contributed by atoms with van der Waals surface area (Å²) in [5, 5.41) is 6.50. The lowest BCUT2D eigenvalue weighted by atomic mass is 9.94. The summed E-state index contributed by atoms with van der Waals surface area (Å²) in [4.78, 5) is 45.6. The van der Waals surface area contributed by atoms with Crippen LogP contribution in [0, 0.1) is 0 Å². The highest BCUT2D eigenvalue weighted by molar-refractivity contribution is 6.15. The van der Waals surface area contributed by atoms with Gasteiger partial charge in [0.15, 0.2) is 52.4 Å². The molecular weight excluding hydrogens is 1720 g/mol.